The topological polar surface area (TPSA) is 57.6 Å². The molecule has 0 bridgehead atoms. The Balaban J connectivity index is 2.22. The van der Waals surface area contributed by atoms with Crippen LogP contribution in [0.25, 0.3) is 0 Å². The minimum atomic E-state index is -3.38. The van der Waals surface area contributed by atoms with Gasteiger partial charge in [0.25, 0.3) is 10.0 Å². The maximum atomic E-state index is 12.5. The first-order chi connectivity index (χ1) is 8.97. The molecule has 19 heavy (non-hydrogen) atoms. The van der Waals surface area contributed by atoms with E-state index < -0.39 is 10.0 Å². The van der Waals surface area contributed by atoms with Crippen LogP contribution in [-0.4, -0.2) is 30.9 Å². The summed E-state index contributed by atoms with van der Waals surface area (Å²) in [4.78, 5) is 0.690. The lowest BCUT2D eigenvalue weighted by Gasteiger charge is -2.26. The predicted octanol–water partition coefficient (Wildman–Crippen LogP) is 2.44. The molecule has 0 saturated carbocycles. The van der Waals surface area contributed by atoms with Crippen LogP contribution in [-0.2, 0) is 16.6 Å². The Bertz CT molecular complexity index is 532. The van der Waals surface area contributed by atoms with Crippen molar-refractivity contribution in [2.24, 2.45) is 5.41 Å². The zero-order valence-corrected chi connectivity index (χ0v) is 13.1. The Kier molecular flexibility index (Phi) is 4.35. The summed E-state index contributed by atoms with van der Waals surface area (Å²) in [6.45, 7) is 5.39. The molecule has 0 aliphatic carbocycles. The number of hydrogen-bond acceptors (Lipinski definition) is 4. The van der Waals surface area contributed by atoms with Gasteiger partial charge in [0.15, 0.2) is 0 Å². The van der Waals surface area contributed by atoms with E-state index in [1.165, 1.54) is 0 Å². The van der Waals surface area contributed by atoms with Crippen LogP contribution in [0.4, 0.5) is 0 Å². The molecule has 0 atom stereocenters. The van der Waals surface area contributed by atoms with Crippen LogP contribution >= 0.6 is 11.3 Å². The number of sulfonamides is 1. The van der Waals surface area contributed by atoms with E-state index in [4.69, 9.17) is 5.11 Å². The molecule has 1 aliphatic rings. The van der Waals surface area contributed by atoms with Crippen LogP contribution in [0.15, 0.2) is 16.3 Å². The Morgan fingerprint density at radius 1 is 1.37 bits per heavy atom. The van der Waals surface area contributed by atoms with Gasteiger partial charge in [-0.25, -0.2) is 8.42 Å². The number of aliphatic hydroxyl groups is 1. The smallest absolute Gasteiger partial charge is 0.252 e. The molecule has 0 spiro atoms. The summed E-state index contributed by atoms with van der Waals surface area (Å²) in [5.41, 5.74) is 0.143. The van der Waals surface area contributed by atoms with Gasteiger partial charge in [-0.3, -0.25) is 0 Å². The average Bonchev–Trinajstić information content (AvgIpc) is 3.06. The van der Waals surface area contributed by atoms with Crippen LogP contribution in [0.1, 0.15) is 38.0 Å². The first kappa shape index (κ1) is 15.0. The third-order valence-corrected chi connectivity index (χ3v) is 7.67. The van der Waals surface area contributed by atoms with E-state index in [9.17, 15) is 8.42 Å². The fourth-order valence-electron chi connectivity index (χ4n) is 2.64. The first-order valence-corrected chi connectivity index (χ1v) is 8.93. The van der Waals surface area contributed by atoms with Gasteiger partial charge in [-0.15, -0.1) is 11.3 Å². The van der Waals surface area contributed by atoms with Gasteiger partial charge >= 0.3 is 0 Å². The van der Waals surface area contributed by atoms with E-state index in [1.54, 1.807) is 16.4 Å². The molecule has 1 saturated heterocycles. The summed E-state index contributed by atoms with van der Waals surface area (Å²) in [6, 6.07) is 3.28. The van der Waals surface area contributed by atoms with Crippen molar-refractivity contribution in [3.63, 3.8) is 0 Å². The molecule has 4 nitrogen and oxygen atoms in total. The molecule has 2 heterocycles. The molecule has 0 aromatic carbocycles. The van der Waals surface area contributed by atoms with Gasteiger partial charge in [-0.05, 0) is 36.8 Å². The summed E-state index contributed by atoms with van der Waals surface area (Å²) in [5, 5.41) is 9.04. The lowest BCUT2D eigenvalue weighted by molar-refractivity contribution is 0.280. The van der Waals surface area contributed by atoms with E-state index in [0.29, 0.717) is 22.2 Å². The van der Waals surface area contributed by atoms with Gasteiger partial charge in [0, 0.05) is 18.0 Å². The molecule has 108 valence electrons. The Morgan fingerprint density at radius 3 is 2.53 bits per heavy atom. The second-order valence-corrected chi connectivity index (χ2v) is 8.51. The molecule has 0 radical (unpaired) electrons. The van der Waals surface area contributed by atoms with Crippen LogP contribution in [0.3, 0.4) is 0 Å². The molecule has 1 fully saturated rings. The lowest BCUT2D eigenvalue weighted by atomic mass is 9.82. The van der Waals surface area contributed by atoms with E-state index in [2.05, 4.69) is 13.8 Å². The zero-order chi connectivity index (χ0) is 14.1. The molecular weight excluding hydrogens is 282 g/mol. The van der Waals surface area contributed by atoms with Crippen molar-refractivity contribution >= 4 is 21.4 Å². The third-order valence-electron chi connectivity index (χ3n) is 4.29. The van der Waals surface area contributed by atoms with Gasteiger partial charge in [0.05, 0.1) is 6.61 Å². The van der Waals surface area contributed by atoms with Crippen molar-refractivity contribution < 1.29 is 13.5 Å². The van der Waals surface area contributed by atoms with Crippen LogP contribution in [0.5, 0.6) is 0 Å². The molecule has 1 aromatic heterocycles. The van der Waals surface area contributed by atoms with Crippen LogP contribution in [0.2, 0.25) is 0 Å². The Labute approximate surface area is 119 Å². The highest BCUT2D eigenvalue weighted by Crippen LogP contribution is 2.40. The first-order valence-electron chi connectivity index (χ1n) is 6.67. The van der Waals surface area contributed by atoms with Crippen molar-refractivity contribution in [3.8, 4) is 0 Å². The standard InChI is InChI=1S/C13H21NO3S2/c1-3-13(4-2)7-8-14(10-13)19(16,17)12-6-5-11(9-15)18-12/h5-6,15H,3-4,7-10H2,1-2H3. The molecule has 1 N–H and O–H groups in total. The third kappa shape index (κ3) is 2.72. The van der Waals surface area contributed by atoms with Crippen LogP contribution < -0.4 is 0 Å². The van der Waals surface area contributed by atoms with Gasteiger partial charge in [0.2, 0.25) is 0 Å². The molecule has 1 aromatic rings. The van der Waals surface area contributed by atoms with Crippen molar-refractivity contribution in [2.45, 2.75) is 43.9 Å². The lowest BCUT2D eigenvalue weighted by Crippen LogP contribution is -2.31. The summed E-state index contributed by atoms with van der Waals surface area (Å²) in [7, 11) is -3.38. The number of nitrogens with zero attached hydrogens (tertiary/aromatic N) is 1. The fourth-order valence-corrected chi connectivity index (χ4v) is 5.56. The SMILES string of the molecule is CCC1(CC)CCN(S(=O)(=O)c2ccc(CO)s2)C1. The number of thiophene rings is 1. The van der Waals surface area contributed by atoms with E-state index in [-0.39, 0.29) is 12.0 Å². The van der Waals surface area contributed by atoms with Crippen molar-refractivity contribution in [2.75, 3.05) is 13.1 Å². The minimum absolute atomic E-state index is 0.103. The largest absolute Gasteiger partial charge is 0.391 e. The molecule has 0 amide bonds. The summed E-state index contributed by atoms with van der Waals surface area (Å²) < 4.78 is 27.0. The quantitative estimate of drug-likeness (QED) is 0.909. The number of hydrogen-bond donors (Lipinski definition) is 1. The predicted molar refractivity (Wildman–Crippen MR) is 76.6 cm³/mol. The molecule has 0 unspecified atom stereocenters. The monoisotopic (exact) mass is 303 g/mol. The second-order valence-electron chi connectivity index (χ2n) is 5.17. The molecular formula is C13H21NO3S2. The summed E-state index contributed by atoms with van der Waals surface area (Å²) in [5.74, 6) is 0. The highest BCUT2D eigenvalue weighted by molar-refractivity contribution is 7.91. The second kappa shape index (κ2) is 5.52. The number of aliphatic hydroxyl groups excluding tert-OH is 1. The fraction of sp³-hybridized carbons (Fsp3) is 0.692. The van der Waals surface area contributed by atoms with E-state index in [0.717, 1.165) is 30.6 Å². The Hall–Kier alpha value is -0.430. The maximum absolute atomic E-state index is 12.5. The van der Waals surface area contributed by atoms with Gasteiger partial charge in [0.1, 0.15) is 4.21 Å². The number of rotatable bonds is 5. The Morgan fingerprint density at radius 2 is 2.05 bits per heavy atom. The average molecular weight is 303 g/mol. The van der Waals surface area contributed by atoms with Gasteiger partial charge in [-0.2, -0.15) is 4.31 Å². The molecule has 1 aliphatic heterocycles. The summed E-state index contributed by atoms with van der Waals surface area (Å²) in [6.07, 6.45) is 2.97. The zero-order valence-electron chi connectivity index (χ0n) is 11.4. The van der Waals surface area contributed by atoms with Gasteiger partial charge in [-0.1, -0.05) is 13.8 Å². The molecule has 2 rings (SSSR count). The van der Waals surface area contributed by atoms with Gasteiger partial charge < -0.3 is 5.11 Å². The van der Waals surface area contributed by atoms with Crippen molar-refractivity contribution in [1.29, 1.82) is 0 Å². The molecule has 6 heteroatoms. The highest BCUT2D eigenvalue weighted by atomic mass is 32.2. The highest BCUT2D eigenvalue weighted by Gasteiger charge is 2.40. The van der Waals surface area contributed by atoms with E-state index >= 15 is 0 Å². The van der Waals surface area contributed by atoms with Crippen molar-refractivity contribution in [3.05, 3.63) is 17.0 Å². The summed E-state index contributed by atoms with van der Waals surface area (Å²) >= 11 is 1.16. The van der Waals surface area contributed by atoms with E-state index in [1.807, 2.05) is 0 Å². The normalized spacial score (nSPS) is 19.9. The minimum Gasteiger partial charge on any atom is -0.391 e. The van der Waals surface area contributed by atoms with Crippen molar-refractivity contribution in [1.82, 2.24) is 4.31 Å². The maximum Gasteiger partial charge on any atom is 0.252 e. The van der Waals surface area contributed by atoms with Crippen LogP contribution in [0, 0.1) is 5.41 Å².